The van der Waals surface area contributed by atoms with Crippen molar-refractivity contribution in [3.8, 4) is 17.0 Å². The number of nitrogens with zero attached hydrogens (tertiary/aromatic N) is 3. The zero-order valence-corrected chi connectivity index (χ0v) is 14.7. The number of nitrogen functional groups attached to an aromatic ring is 1. The van der Waals surface area contributed by atoms with Gasteiger partial charge in [-0.2, -0.15) is 0 Å². The van der Waals surface area contributed by atoms with Gasteiger partial charge in [0.2, 0.25) is 0 Å². The number of imidazole rings is 1. The van der Waals surface area contributed by atoms with Crippen molar-refractivity contribution in [2.75, 3.05) is 25.4 Å². The topological polar surface area (TPSA) is 78.0 Å². The Labute approximate surface area is 148 Å². The molecule has 128 valence electrons. The molecule has 0 unspecified atom stereocenters. The molecule has 0 aromatic carbocycles. The van der Waals surface area contributed by atoms with Gasteiger partial charge in [-0.15, -0.1) is 24.8 Å². The molecule has 1 saturated heterocycles. The first-order valence-corrected chi connectivity index (χ1v) is 7.30. The summed E-state index contributed by atoms with van der Waals surface area (Å²) in [5.41, 5.74) is 7.71. The second-order valence-electron chi connectivity index (χ2n) is 5.54. The molecule has 2 aromatic heterocycles. The van der Waals surface area contributed by atoms with E-state index in [2.05, 4.69) is 15.3 Å². The molecule has 0 amide bonds. The second-order valence-corrected chi connectivity index (χ2v) is 5.54. The second kappa shape index (κ2) is 8.96. The zero-order valence-electron chi connectivity index (χ0n) is 13.1. The fourth-order valence-corrected chi connectivity index (χ4v) is 2.53. The highest BCUT2D eigenvalue weighted by molar-refractivity contribution is 5.85. The van der Waals surface area contributed by atoms with E-state index in [0.717, 1.165) is 37.2 Å². The lowest BCUT2D eigenvalue weighted by Crippen LogP contribution is -2.30. The van der Waals surface area contributed by atoms with Crippen LogP contribution in [0.25, 0.3) is 11.3 Å². The van der Waals surface area contributed by atoms with Crippen LogP contribution in [0.3, 0.4) is 0 Å². The number of nitrogens with two attached hydrogens (primary N) is 1. The summed E-state index contributed by atoms with van der Waals surface area (Å²) < 4.78 is 7.80. The third kappa shape index (κ3) is 4.99. The molecule has 1 aliphatic rings. The third-order valence-electron chi connectivity index (χ3n) is 3.82. The van der Waals surface area contributed by atoms with Crippen LogP contribution < -0.4 is 15.8 Å². The number of hydrogen-bond donors (Lipinski definition) is 2. The SMILES string of the molecule is Cl.Cl.Cn1cnc(-c2cnc(N)c(OCC3CCNCC3)c2)c1. The van der Waals surface area contributed by atoms with Crippen LogP contribution >= 0.6 is 24.8 Å². The molecule has 23 heavy (non-hydrogen) atoms. The van der Waals surface area contributed by atoms with Gasteiger partial charge in [0.15, 0.2) is 11.6 Å². The van der Waals surface area contributed by atoms with Crippen molar-refractivity contribution in [1.29, 1.82) is 0 Å². The summed E-state index contributed by atoms with van der Waals surface area (Å²) in [5, 5.41) is 3.35. The summed E-state index contributed by atoms with van der Waals surface area (Å²) in [7, 11) is 1.94. The van der Waals surface area contributed by atoms with Crippen LogP contribution in [0.4, 0.5) is 5.82 Å². The molecule has 2 aromatic rings. The maximum Gasteiger partial charge on any atom is 0.166 e. The molecule has 3 heterocycles. The predicted molar refractivity (Wildman–Crippen MR) is 96.4 cm³/mol. The van der Waals surface area contributed by atoms with Crippen molar-refractivity contribution in [3.05, 3.63) is 24.8 Å². The highest BCUT2D eigenvalue weighted by Gasteiger charge is 2.15. The van der Waals surface area contributed by atoms with Gasteiger partial charge in [-0.1, -0.05) is 0 Å². The van der Waals surface area contributed by atoms with Crippen LogP contribution in [0.1, 0.15) is 12.8 Å². The maximum atomic E-state index is 5.91. The van der Waals surface area contributed by atoms with E-state index in [1.54, 1.807) is 12.5 Å². The Kier molecular flexibility index (Phi) is 7.61. The van der Waals surface area contributed by atoms with Crippen molar-refractivity contribution in [1.82, 2.24) is 19.9 Å². The molecule has 8 heteroatoms. The number of ether oxygens (including phenoxy) is 1. The molecule has 0 atom stereocenters. The highest BCUT2D eigenvalue weighted by atomic mass is 35.5. The summed E-state index contributed by atoms with van der Waals surface area (Å²) in [6, 6.07) is 1.92. The van der Waals surface area contributed by atoms with Gasteiger partial charge >= 0.3 is 0 Å². The van der Waals surface area contributed by atoms with Crippen molar-refractivity contribution < 1.29 is 4.74 Å². The summed E-state index contributed by atoms with van der Waals surface area (Å²) in [5.74, 6) is 1.67. The first-order valence-electron chi connectivity index (χ1n) is 7.30. The molecule has 0 spiro atoms. The average molecular weight is 360 g/mol. The molecule has 1 aliphatic heterocycles. The minimum Gasteiger partial charge on any atom is -0.489 e. The molecular weight excluding hydrogens is 337 g/mol. The van der Waals surface area contributed by atoms with E-state index in [1.165, 1.54) is 0 Å². The minimum absolute atomic E-state index is 0. The lowest BCUT2D eigenvalue weighted by Gasteiger charge is -2.22. The Bertz CT molecular complexity index is 614. The van der Waals surface area contributed by atoms with E-state index < -0.39 is 0 Å². The number of aryl methyl sites for hydroxylation is 1. The lowest BCUT2D eigenvalue weighted by molar-refractivity contribution is 0.216. The van der Waals surface area contributed by atoms with Gasteiger partial charge in [-0.05, 0) is 37.9 Å². The van der Waals surface area contributed by atoms with Gasteiger partial charge in [0.1, 0.15) is 0 Å². The number of nitrogens with one attached hydrogen (secondary N) is 1. The van der Waals surface area contributed by atoms with E-state index in [-0.39, 0.29) is 24.8 Å². The number of pyridine rings is 1. The molecule has 0 bridgehead atoms. The third-order valence-corrected chi connectivity index (χ3v) is 3.82. The molecule has 0 aliphatic carbocycles. The molecule has 0 saturated carbocycles. The predicted octanol–water partition coefficient (Wildman–Crippen LogP) is 2.29. The van der Waals surface area contributed by atoms with Gasteiger partial charge in [-0.3, -0.25) is 0 Å². The van der Waals surface area contributed by atoms with Crippen LogP contribution in [0, 0.1) is 5.92 Å². The monoisotopic (exact) mass is 359 g/mol. The summed E-state index contributed by atoms with van der Waals surface area (Å²) in [6.45, 7) is 2.82. The minimum atomic E-state index is 0. The first-order chi connectivity index (χ1) is 10.2. The van der Waals surface area contributed by atoms with E-state index in [9.17, 15) is 0 Å². The number of rotatable bonds is 4. The van der Waals surface area contributed by atoms with Crippen LogP contribution in [0.15, 0.2) is 24.8 Å². The van der Waals surface area contributed by atoms with Crippen molar-refractivity contribution in [2.24, 2.45) is 13.0 Å². The van der Waals surface area contributed by atoms with Crippen LogP contribution in [0.5, 0.6) is 5.75 Å². The molecule has 3 N–H and O–H groups in total. The Hall–Kier alpha value is -1.50. The van der Waals surface area contributed by atoms with Gasteiger partial charge in [-0.25, -0.2) is 9.97 Å². The molecule has 1 fully saturated rings. The highest BCUT2D eigenvalue weighted by Crippen LogP contribution is 2.27. The average Bonchev–Trinajstić information content (AvgIpc) is 2.94. The number of piperidine rings is 1. The number of halogens is 2. The largest absolute Gasteiger partial charge is 0.489 e. The van der Waals surface area contributed by atoms with E-state index >= 15 is 0 Å². The van der Waals surface area contributed by atoms with Crippen molar-refractivity contribution >= 4 is 30.6 Å². The van der Waals surface area contributed by atoms with Crippen LogP contribution in [0.2, 0.25) is 0 Å². The van der Waals surface area contributed by atoms with Gasteiger partial charge < -0.3 is 20.4 Å². The maximum absolute atomic E-state index is 5.91. The Morgan fingerprint density at radius 2 is 2.04 bits per heavy atom. The summed E-state index contributed by atoms with van der Waals surface area (Å²) in [4.78, 5) is 8.54. The fourth-order valence-electron chi connectivity index (χ4n) is 2.53. The normalized spacial score (nSPS) is 14.7. The van der Waals surface area contributed by atoms with Crippen molar-refractivity contribution in [3.63, 3.8) is 0 Å². The zero-order chi connectivity index (χ0) is 14.7. The molecular formula is C15H23Cl2N5O. The fraction of sp³-hybridized carbons (Fsp3) is 0.467. The van der Waals surface area contributed by atoms with Crippen molar-refractivity contribution in [2.45, 2.75) is 12.8 Å². The van der Waals surface area contributed by atoms with E-state index in [4.69, 9.17) is 10.5 Å². The van der Waals surface area contributed by atoms with Gasteiger partial charge in [0, 0.05) is 25.0 Å². The lowest BCUT2D eigenvalue weighted by atomic mass is 9.99. The Morgan fingerprint density at radius 1 is 1.30 bits per heavy atom. The Morgan fingerprint density at radius 3 is 2.70 bits per heavy atom. The van der Waals surface area contributed by atoms with E-state index in [0.29, 0.717) is 24.1 Å². The summed E-state index contributed by atoms with van der Waals surface area (Å²) >= 11 is 0. The summed E-state index contributed by atoms with van der Waals surface area (Å²) in [6.07, 6.45) is 7.74. The van der Waals surface area contributed by atoms with E-state index in [1.807, 2.05) is 23.9 Å². The number of aromatic nitrogens is 3. The quantitative estimate of drug-likeness (QED) is 0.875. The molecule has 0 radical (unpaired) electrons. The molecule has 3 rings (SSSR count). The smallest absolute Gasteiger partial charge is 0.166 e. The number of anilines is 1. The first kappa shape index (κ1) is 19.5. The standard InChI is InChI=1S/C15H21N5O.2ClH/c1-20-8-13(19-10-20)12-6-14(15(16)18-7-12)21-9-11-2-4-17-5-3-11;;/h6-8,10-11,17H,2-5,9H2,1H3,(H2,16,18);2*1H. The Balaban J connectivity index is 0.00000132. The molecule has 6 nitrogen and oxygen atoms in total. The van der Waals surface area contributed by atoms with Crippen LogP contribution in [-0.2, 0) is 7.05 Å². The number of hydrogen-bond acceptors (Lipinski definition) is 5. The van der Waals surface area contributed by atoms with Crippen LogP contribution in [-0.4, -0.2) is 34.2 Å². The van der Waals surface area contributed by atoms with Gasteiger partial charge in [0.05, 0.1) is 18.6 Å². The van der Waals surface area contributed by atoms with Gasteiger partial charge in [0.25, 0.3) is 0 Å².